The zero-order valence-electron chi connectivity index (χ0n) is 16.0. The van der Waals surface area contributed by atoms with Gasteiger partial charge >= 0.3 is 0 Å². The molecule has 28 heavy (non-hydrogen) atoms. The van der Waals surface area contributed by atoms with Crippen molar-refractivity contribution in [3.8, 4) is 11.5 Å². The zero-order valence-corrected chi connectivity index (χ0v) is 16.8. The molecular weight excluding hydrogens is 380 g/mol. The van der Waals surface area contributed by atoms with Gasteiger partial charge in [0.05, 0.1) is 25.5 Å². The van der Waals surface area contributed by atoms with Gasteiger partial charge in [0.25, 0.3) is 0 Å². The van der Waals surface area contributed by atoms with Gasteiger partial charge < -0.3 is 14.8 Å². The number of ether oxygens (including phenoxy) is 2. The lowest BCUT2D eigenvalue weighted by molar-refractivity contribution is -0.115. The summed E-state index contributed by atoms with van der Waals surface area (Å²) in [6.07, 6.45) is 0.790. The van der Waals surface area contributed by atoms with E-state index < -0.39 is 10.0 Å². The van der Waals surface area contributed by atoms with E-state index in [0.717, 1.165) is 11.1 Å². The lowest BCUT2D eigenvalue weighted by Crippen LogP contribution is -2.38. The topological polar surface area (TPSA) is 84.9 Å². The van der Waals surface area contributed by atoms with Gasteiger partial charge in [-0.15, -0.1) is 0 Å². The van der Waals surface area contributed by atoms with E-state index >= 15 is 0 Å². The number of nitrogens with one attached hydrogen (secondary N) is 1. The molecule has 0 fully saturated rings. The van der Waals surface area contributed by atoms with E-state index in [2.05, 4.69) is 5.32 Å². The number of hydrogen-bond acceptors (Lipinski definition) is 5. The maximum atomic E-state index is 13.3. The third-order valence-corrected chi connectivity index (χ3v) is 7.40. The van der Waals surface area contributed by atoms with Gasteiger partial charge in [-0.1, -0.05) is 0 Å². The number of rotatable bonds is 4. The average Bonchev–Trinajstić information content (AvgIpc) is 3.06. The van der Waals surface area contributed by atoms with Gasteiger partial charge in [-0.05, 0) is 60.4 Å². The van der Waals surface area contributed by atoms with Crippen LogP contribution in [0.5, 0.6) is 11.5 Å². The first-order chi connectivity index (χ1) is 13.3. The number of benzene rings is 2. The lowest BCUT2D eigenvalue weighted by Gasteiger charge is -2.34. The van der Waals surface area contributed by atoms with Crippen LogP contribution >= 0.6 is 0 Å². The van der Waals surface area contributed by atoms with Crippen molar-refractivity contribution < 1.29 is 22.7 Å². The molecule has 2 aromatic carbocycles. The van der Waals surface area contributed by atoms with E-state index in [9.17, 15) is 13.2 Å². The van der Waals surface area contributed by atoms with Crippen molar-refractivity contribution in [2.75, 3.05) is 26.1 Å². The summed E-state index contributed by atoms with van der Waals surface area (Å²) >= 11 is 0. The quantitative estimate of drug-likeness (QED) is 0.849. The Bertz CT molecular complexity index is 1060. The number of fused-ring (bicyclic) bond motifs is 2. The molecule has 0 aromatic heterocycles. The summed E-state index contributed by atoms with van der Waals surface area (Å²) in [6, 6.07) is 8.23. The predicted molar refractivity (Wildman–Crippen MR) is 104 cm³/mol. The van der Waals surface area contributed by atoms with E-state index in [-0.39, 0.29) is 23.3 Å². The normalized spacial score (nSPS) is 19.0. The van der Waals surface area contributed by atoms with Crippen LogP contribution in [0.2, 0.25) is 0 Å². The van der Waals surface area contributed by atoms with Gasteiger partial charge in [0.1, 0.15) is 0 Å². The van der Waals surface area contributed by atoms with Crippen LogP contribution in [0.15, 0.2) is 35.2 Å². The molecule has 1 atom stereocenters. The third-order valence-electron chi connectivity index (χ3n) is 5.44. The standard InChI is InChI=1S/C20H22N2O5S/c1-12-16-11-19(27-3)18(26-2)9-13(16)6-7-22(12)28(24,25)15-4-5-17-14(8-15)10-20(23)21-17/h4-5,8-9,11-12H,6-7,10H2,1-3H3,(H,21,23)/t12-/m0/s1. The van der Waals surface area contributed by atoms with Gasteiger partial charge in [-0.25, -0.2) is 8.42 Å². The van der Waals surface area contributed by atoms with Crippen molar-refractivity contribution in [2.45, 2.75) is 30.7 Å². The van der Waals surface area contributed by atoms with Crippen molar-refractivity contribution in [1.82, 2.24) is 4.31 Å². The third kappa shape index (κ3) is 2.93. The van der Waals surface area contributed by atoms with Crippen LogP contribution in [-0.2, 0) is 27.7 Å². The van der Waals surface area contributed by atoms with E-state index in [4.69, 9.17) is 9.47 Å². The van der Waals surface area contributed by atoms with Crippen LogP contribution in [-0.4, -0.2) is 39.4 Å². The molecule has 0 unspecified atom stereocenters. The molecule has 8 heteroatoms. The Morgan fingerprint density at radius 1 is 1.07 bits per heavy atom. The molecular formula is C20H22N2O5S. The second-order valence-corrected chi connectivity index (χ2v) is 8.88. The smallest absolute Gasteiger partial charge is 0.243 e. The number of carbonyl (C=O) groups is 1. The van der Waals surface area contributed by atoms with E-state index in [1.165, 1.54) is 4.31 Å². The summed E-state index contributed by atoms with van der Waals surface area (Å²) in [7, 11) is -0.560. The highest BCUT2D eigenvalue weighted by atomic mass is 32.2. The molecule has 1 amide bonds. The van der Waals surface area contributed by atoms with Gasteiger partial charge in [0.2, 0.25) is 15.9 Å². The number of hydrogen-bond donors (Lipinski definition) is 1. The molecule has 148 valence electrons. The number of methoxy groups -OCH3 is 2. The first-order valence-electron chi connectivity index (χ1n) is 9.04. The zero-order chi connectivity index (χ0) is 20.1. The van der Waals surface area contributed by atoms with Gasteiger partial charge in [-0.3, -0.25) is 4.79 Å². The summed E-state index contributed by atoms with van der Waals surface area (Å²) in [5.41, 5.74) is 3.35. The molecule has 0 saturated heterocycles. The molecule has 4 rings (SSSR count). The van der Waals surface area contributed by atoms with E-state index in [0.29, 0.717) is 35.7 Å². The number of sulfonamides is 1. The Morgan fingerprint density at radius 2 is 1.79 bits per heavy atom. The van der Waals surface area contributed by atoms with Crippen molar-refractivity contribution in [3.05, 3.63) is 47.0 Å². The lowest BCUT2D eigenvalue weighted by atomic mass is 9.94. The fourth-order valence-corrected chi connectivity index (χ4v) is 5.61. The highest BCUT2D eigenvalue weighted by Gasteiger charge is 2.35. The van der Waals surface area contributed by atoms with Crippen LogP contribution in [0.25, 0.3) is 0 Å². The van der Waals surface area contributed by atoms with Crippen LogP contribution in [0, 0.1) is 0 Å². The SMILES string of the molecule is COc1cc2c(cc1OC)[C@H](C)N(S(=O)(=O)c1ccc3c(c1)CC(=O)N3)CC2. The highest BCUT2D eigenvalue weighted by molar-refractivity contribution is 7.89. The maximum absolute atomic E-state index is 13.3. The molecule has 2 aromatic rings. The second-order valence-electron chi connectivity index (χ2n) is 6.99. The molecule has 0 bridgehead atoms. The second kappa shape index (κ2) is 6.79. The molecule has 2 aliphatic rings. The molecule has 7 nitrogen and oxygen atoms in total. The van der Waals surface area contributed by atoms with Gasteiger partial charge in [0.15, 0.2) is 11.5 Å². The summed E-state index contributed by atoms with van der Waals surface area (Å²) in [5, 5.41) is 2.73. The largest absolute Gasteiger partial charge is 0.493 e. The van der Waals surface area contributed by atoms with Crippen molar-refractivity contribution in [2.24, 2.45) is 0 Å². The van der Waals surface area contributed by atoms with Crippen LogP contribution < -0.4 is 14.8 Å². The van der Waals surface area contributed by atoms with E-state index in [1.54, 1.807) is 32.4 Å². The van der Waals surface area contributed by atoms with Gasteiger partial charge in [0, 0.05) is 18.3 Å². The Morgan fingerprint density at radius 3 is 2.50 bits per heavy atom. The number of carbonyl (C=O) groups excluding carboxylic acids is 1. The minimum atomic E-state index is -3.71. The Kier molecular flexibility index (Phi) is 4.55. The highest BCUT2D eigenvalue weighted by Crippen LogP contribution is 2.40. The molecule has 0 spiro atoms. The summed E-state index contributed by atoms with van der Waals surface area (Å²) in [5.74, 6) is 1.10. The number of nitrogens with zero attached hydrogens (tertiary/aromatic N) is 1. The first kappa shape index (κ1) is 18.8. The minimum Gasteiger partial charge on any atom is -0.493 e. The first-order valence-corrected chi connectivity index (χ1v) is 10.5. The van der Waals surface area contributed by atoms with Crippen molar-refractivity contribution in [1.29, 1.82) is 0 Å². The Balaban J connectivity index is 1.71. The summed E-state index contributed by atoms with van der Waals surface area (Å²) < 4.78 is 38.9. The molecule has 1 N–H and O–H groups in total. The summed E-state index contributed by atoms with van der Waals surface area (Å²) in [4.78, 5) is 11.8. The molecule has 0 saturated carbocycles. The van der Waals surface area contributed by atoms with Crippen LogP contribution in [0.3, 0.4) is 0 Å². The Hall–Kier alpha value is -2.58. The maximum Gasteiger partial charge on any atom is 0.243 e. The van der Waals surface area contributed by atoms with Crippen molar-refractivity contribution in [3.63, 3.8) is 0 Å². The fourth-order valence-electron chi connectivity index (χ4n) is 3.95. The minimum absolute atomic E-state index is 0.120. The number of amides is 1. The molecule has 0 radical (unpaired) electrons. The van der Waals surface area contributed by atoms with Crippen LogP contribution in [0.4, 0.5) is 5.69 Å². The van der Waals surface area contributed by atoms with Gasteiger partial charge in [-0.2, -0.15) is 4.31 Å². The molecule has 2 aliphatic heterocycles. The summed E-state index contributed by atoms with van der Waals surface area (Å²) in [6.45, 7) is 2.25. The fraction of sp³-hybridized carbons (Fsp3) is 0.350. The predicted octanol–water partition coefficient (Wildman–Crippen LogP) is 2.51. The Labute approximate surface area is 164 Å². The van der Waals surface area contributed by atoms with Crippen LogP contribution in [0.1, 0.15) is 29.7 Å². The number of anilines is 1. The molecule has 2 heterocycles. The van der Waals surface area contributed by atoms with E-state index in [1.807, 2.05) is 19.1 Å². The van der Waals surface area contributed by atoms with Crippen molar-refractivity contribution >= 4 is 21.6 Å². The average molecular weight is 402 g/mol. The molecule has 0 aliphatic carbocycles. The monoisotopic (exact) mass is 402 g/mol.